The third kappa shape index (κ3) is 4.25. The summed E-state index contributed by atoms with van der Waals surface area (Å²) in [5, 5.41) is 9.79. The molecule has 0 aliphatic carbocycles. The maximum atomic E-state index is 9.79. The monoisotopic (exact) mass is 250 g/mol. The Hall–Kier alpha value is -1.18. The largest absolute Gasteiger partial charge is 0.504 e. The predicted octanol–water partition coefficient (Wildman–Crippen LogP) is 4.72. The lowest BCUT2D eigenvalue weighted by Crippen LogP contribution is -2.02. The van der Waals surface area contributed by atoms with E-state index in [0.29, 0.717) is 11.7 Å². The van der Waals surface area contributed by atoms with Gasteiger partial charge in [-0.15, -0.1) is 0 Å². The van der Waals surface area contributed by atoms with Crippen LogP contribution in [0.4, 0.5) is 0 Å². The summed E-state index contributed by atoms with van der Waals surface area (Å²) in [6, 6.07) is 5.73. The number of aromatic hydroxyl groups is 1. The Morgan fingerprint density at radius 3 is 2.56 bits per heavy atom. The molecule has 1 aromatic carbocycles. The molecule has 0 saturated carbocycles. The Labute approximate surface area is 111 Å². The highest BCUT2D eigenvalue weighted by Gasteiger charge is 2.12. The molecule has 18 heavy (non-hydrogen) atoms. The van der Waals surface area contributed by atoms with E-state index >= 15 is 0 Å². The minimum absolute atomic E-state index is 0.239. The molecule has 1 N–H and O–H groups in total. The van der Waals surface area contributed by atoms with E-state index in [9.17, 15) is 5.11 Å². The number of rotatable bonds is 7. The van der Waals surface area contributed by atoms with Gasteiger partial charge in [0.2, 0.25) is 0 Å². The average molecular weight is 250 g/mol. The van der Waals surface area contributed by atoms with Gasteiger partial charge in [-0.2, -0.15) is 0 Å². The Morgan fingerprint density at radius 2 is 2.00 bits per heavy atom. The van der Waals surface area contributed by atoms with Crippen LogP contribution in [-0.4, -0.2) is 12.2 Å². The van der Waals surface area contributed by atoms with Gasteiger partial charge in [0, 0.05) is 0 Å². The molecule has 0 aromatic heterocycles. The van der Waals surface area contributed by atoms with E-state index in [1.165, 1.54) is 31.2 Å². The van der Waals surface area contributed by atoms with Crippen LogP contribution in [-0.2, 0) is 0 Å². The van der Waals surface area contributed by atoms with Gasteiger partial charge in [-0.1, -0.05) is 46.1 Å². The summed E-state index contributed by atoms with van der Waals surface area (Å²) < 4.78 is 5.06. The molecular formula is C16H26O2. The molecule has 0 saturated heterocycles. The van der Waals surface area contributed by atoms with Gasteiger partial charge in [0.25, 0.3) is 0 Å². The third-order valence-electron chi connectivity index (χ3n) is 3.58. The van der Waals surface area contributed by atoms with Gasteiger partial charge in [-0.3, -0.25) is 0 Å². The molecule has 2 nitrogen and oxygen atoms in total. The van der Waals surface area contributed by atoms with Crippen molar-refractivity contribution >= 4 is 0 Å². The van der Waals surface area contributed by atoms with Crippen molar-refractivity contribution in [2.75, 3.05) is 7.11 Å². The normalized spacial score (nSPS) is 14.2. The van der Waals surface area contributed by atoms with Crippen LogP contribution in [0.3, 0.4) is 0 Å². The molecule has 1 rings (SSSR count). The average Bonchev–Trinajstić information content (AvgIpc) is 2.36. The number of phenolic OH excluding ortho intramolecular Hbond substituents is 1. The second-order valence-electron chi connectivity index (χ2n) is 5.32. The first-order chi connectivity index (χ1) is 8.58. The van der Waals surface area contributed by atoms with Crippen LogP contribution in [0.25, 0.3) is 0 Å². The van der Waals surface area contributed by atoms with Crippen molar-refractivity contribution in [2.45, 2.75) is 52.4 Å². The summed E-state index contributed by atoms with van der Waals surface area (Å²) in [6.45, 7) is 6.77. The maximum absolute atomic E-state index is 9.79. The second-order valence-corrected chi connectivity index (χ2v) is 5.32. The van der Waals surface area contributed by atoms with Crippen LogP contribution in [0.2, 0.25) is 0 Å². The molecule has 0 radical (unpaired) electrons. The summed E-state index contributed by atoms with van der Waals surface area (Å²) >= 11 is 0. The van der Waals surface area contributed by atoms with E-state index in [-0.39, 0.29) is 5.75 Å². The first-order valence-electron chi connectivity index (χ1n) is 6.95. The van der Waals surface area contributed by atoms with Crippen LogP contribution in [0, 0.1) is 5.92 Å². The lowest BCUT2D eigenvalue weighted by Gasteiger charge is -2.18. The number of methoxy groups -OCH3 is 1. The molecule has 2 unspecified atom stereocenters. The highest BCUT2D eigenvalue weighted by Crippen LogP contribution is 2.32. The number of phenols is 1. The Kier molecular flexibility index (Phi) is 6.03. The third-order valence-corrected chi connectivity index (χ3v) is 3.58. The minimum atomic E-state index is 0.239. The molecule has 0 amide bonds. The summed E-state index contributed by atoms with van der Waals surface area (Å²) in [5.74, 6) is 2.01. The van der Waals surface area contributed by atoms with Crippen LogP contribution in [0.15, 0.2) is 18.2 Å². The first-order valence-corrected chi connectivity index (χ1v) is 6.95. The zero-order chi connectivity index (χ0) is 13.5. The SMILES string of the molecule is CCCCC(C)CC(C)c1ccc(OC)c(O)c1. The molecule has 2 atom stereocenters. The van der Waals surface area contributed by atoms with Crippen molar-refractivity contribution in [2.24, 2.45) is 5.92 Å². The van der Waals surface area contributed by atoms with Gasteiger partial charge in [0.1, 0.15) is 0 Å². The van der Waals surface area contributed by atoms with Crippen LogP contribution in [0.5, 0.6) is 11.5 Å². The van der Waals surface area contributed by atoms with Gasteiger partial charge in [-0.05, 0) is 36.0 Å². The van der Waals surface area contributed by atoms with Gasteiger partial charge < -0.3 is 9.84 Å². The number of hydrogen-bond acceptors (Lipinski definition) is 2. The fraction of sp³-hybridized carbons (Fsp3) is 0.625. The molecule has 0 spiro atoms. The number of benzene rings is 1. The standard InChI is InChI=1S/C16H26O2/c1-5-6-7-12(2)10-13(3)14-8-9-16(18-4)15(17)11-14/h8-9,11-13,17H,5-7,10H2,1-4H3. The summed E-state index contributed by atoms with van der Waals surface area (Å²) in [4.78, 5) is 0. The van der Waals surface area contributed by atoms with Crippen molar-refractivity contribution in [3.05, 3.63) is 23.8 Å². The van der Waals surface area contributed by atoms with Gasteiger partial charge in [-0.25, -0.2) is 0 Å². The molecular weight excluding hydrogens is 224 g/mol. The van der Waals surface area contributed by atoms with E-state index in [0.717, 1.165) is 5.92 Å². The quantitative estimate of drug-likeness (QED) is 0.758. The van der Waals surface area contributed by atoms with Crippen LogP contribution < -0.4 is 4.74 Å². The smallest absolute Gasteiger partial charge is 0.160 e. The van der Waals surface area contributed by atoms with Crippen molar-refractivity contribution in [3.8, 4) is 11.5 Å². The molecule has 0 aliphatic rings. The zero-order valence-corrected chi connectivity index (χ0v) is 12.1. The van der Waals surface area contributed by atoms with Gasteiger partial charge in [0.15, 0.2) is 11.5 Å². The molecule has 1 aromatic rings. The molecule has 0 aliphatic heterocycles. The highest BCUT2D eigenvalue weighted by molar-refractivity contribution is 5.42. The number of unbranched alkanes of at least 4 members (excludes halogenated alkanes) is 1. The fourth-order valence-electron chi connectivity index (χ4n) is 2.42. The summed E-state index contributed by atoms with van der Waals surface area (Å²) in [6.07, 6.45) is 5.04. The van der Waals surface area contributed by atoms with Crippen molar-refractivity contribution < 1.29 is 9.84 Å². The van der Waals surface area contributed by atoms with Crippen LogP contribution >= 0.6 is 0 Å². The Bertz CT molecular complexity index is 360. The topological polar surface area (TPSA) is 29.5 Å². The van der Waals surface area contributed by atoms with E-state index < -0.39 is 0 Å². The number of ether oxygens (including phenoxy) is 1. The second kappa shape index (κ2) is 7.30. The summed E-state index contributed by atoms with van der Waals surface area (Å²) in [5.41, 5.74) is 1.19. The summed E-state index contributed by atoms with van der Waals surface area (Å²) in [7, 11) is 1.57. The predicted molar refractivity (Wildman–Crippen MR) is 76.4 cm³/mol. The van der Waals surface area contributed by atoms with E-state index in [1.54, 1.807) is 7.11 Å². The minimum Gasteiger partial charge on any atom is -0.504 e. The van der Waals surface area contributed by atoms with Crippen molar-refractivity contribution in [1.82, 2.24) is 0 Å². The maximum Gasteiger partial charge on any atom is 0.160 e. The zero-order valence-electron chi connectivity index (χ0n) is 12.1. The number of hydrogen-bond donors (Lipinski definition) is 1. The Morgan fingerprint density at radius 1 is 1.28 bits per heavy atom. The molecule has 102 valence electrons. The molecule has 2 heteroatoms. The molecule has 0 heterocycles. The lowest BCUT2D eigenvalue weighted by atomic mass is 9.88. The molecule has 0 bridgehead atoms. The Balaban J connectivity index is 2.61. The van der Waals surface area contributed by atoms with E-state index in [4.69, 9.17) is 4.74 Å². The van der Waals surface area contributed by atoms with E-state index in [1.807, 2.05) is 12.1 Å². The van der Waals surface area contributed by atoms with Gasteiger partial charge in [0.05, 0.1) is 7.11 Å². The van der Waals surface area contributed by atoms with Crippen molar-refractivity contribution in [1.29, 1.82) is 0 Å². The van der Waals surface area contributed by atoms with Crippen molar-refractivity contribution in [3.63, 3.8) is 0 Å². The highest BCUT2D eigenvalue weighted by atomic mass is 16.5. The lowest BCUT2D eigenvalue weighted by molar-refractivity contribution is 0.372. The van der Waals surface area contributed by atoms with Gasteiger partial charge >= 0.3 is 0 Å². The molecule has 0 fully saturated rings. The van der Waals surface area contributed by atoms with E-state index in [2.05, 4.69) is 26.8 Å². The van der Waals surface area contributed by atoms with Crippen LogP contribution in [0.1, 0.15) is 57.9 Å². The fourth-order valence-corrected chi connectivity index (χ4v) is 2.42. The first kappa shape index (κ1) is 14.9.